The van der Waals surface area contributed by atoms with E-state index in [-0.39, 0.29) is 6.04 Å². The summed E-state index contributed by atoms with van der Waals surface area (Å²) in [6.45, 7) is 2.08. The lowest BCUT2D eigenvalue weighted by Crippen LogP contribution is -2.08. The molecule has 1 heterocycles. The minimum atomic E-state index is 0.170. The zero-order valence-corrected chi connectivity index (χ0v) is 8.05. The van der Waals surface area contributed by atoms with Crippen molar-refractivity contribution in [2.75, 3.05) is 0 Å². The zero-order valence-electron chi connectivity index (χ0n) is 5.89. The summed E-state index contributed by atoms with van der Waals surface area (Å²) < 4.78 is 1.22. The average molecular weight is 250 g/mol. The predicted octanol–water partition coefficient (Wildman–Crippen LogP) is 2.03. The van der Waals surface area contributed by atoms with Crippen LogP contribution in [0.15, 0.2) is 12.3 Å². The number of hydrogen-bond donors (Lipinski definition) is 2. The Balaban J connectivity index is 2.74. The van der Waals surface area contributed by atoms with Gasteiger partial charge < -0.3 is 10.7 Å². The molecule has 0 bridgehead atoms. The molecular formula is C7H11IN2. The van der Waals surface area contributed by atoms with Crippen LogP contribution in [0.3, 0.4) is 0 Å². The molecule has 2 nitrogen and oxygen atoms in total. The molecule has 56 valence electrons. The zero-order chi connectivity index (χ0) is 7.56. The highest BCUT2D eigenvalue weighted by molar-refractivity contribution is 14.1. The van der Waals surface area contributed by atoms with E-state index in [4.69, 9.17) is 5.73 Å². The standard InChI is InChI=1S/C7H11IN2/c1-2-6(9)7-3-5(8)4-10-7/h3-4,6,10H,2,9H2,1H3/t6-/m0/s1. The lowest BCUT2D eigenvalue weighted by atomic mass is 10.2. The number of nitrogens with one attached hydrogen (secondary N) is 1. The molecule has 1 aromatic heterocycles. The molecule has 0 unspecified atom stereocenters. The van der Waals surface area contributed by atoms with Crippen LogP contribution < -0.4 is 5.73 Å². The van der Waals surface area contributed by atoms with Crippen molar-refractivity contribution in [3.63, 3.8) is 0 Å². The second-order valence-corrected chi connectivity index (χ2v) is 3.53. The number of aromatic amines is 1. The van der Waals surface area contributed by atoms with Crippen molar-refractivity contribution in [3.8, 4) is 0 Å². The molecule has 0 amide bonds. The summed E-state index contributed by atoms with van der Waals surface area (Å²) in [6.07, 6.45) is 2.95. The molecule has 3 heteroatoms. The quantitative estimate of drug-likeness (QED) is 0.775. The first-order valence-electron chi connectivity index (χ1n) is 3.33. The molecule has 0 saturated carbocycles. The Morgan fingerprint density at radius 3 is 2.90 bits per heavy atom. The van der Waals surface area contributed by atoms with Crippen LogP contribution in [0, 0.1) is 3.57 Å². The van der Waals surface area contributed by atoms with Gasteiger partial charge in [-0.05, 0) is 35.1 Å². The van der Waals surface area contributed by atoms with E-state index in [1.165, 1.54) is 3.57 Å². The van der Waals surface area contributed by atoms with Gasteiger partial charge in [-0.1, -0.05) is 6.92 Å². The first-order valence-corrected chi connectivity index (χ1v) is 4.41. The fraction of sp³-hybridized carbons (Fsp3) is 0.429. The van der Waals surface area contributed by atoms with E-state index in [2.05, 4.69) is 40.6 Å². The molecule has 0 aliphatic rings. The summed E-state index contributed by atoms with van der Waals surface area (Å²) >= 11 is 2.26. The van der Waals surface area contributed by atoms with E-state index in [1.807, 2.05) is 6.20 Å². The van der Waals surface area contributed by atoms with Crippen molar-refractivity contribution in [1.29, 1.82) is 0 Å². The van der Waals surface area contributed by atoms with Crippen LogP contribution in [0.2, 0.25) is 0 Å². The van der Waals surface area contributed by atoms with E-state index in [0.717, 1.165) is 12.1 Å². The number of hydrogen-bond acceptors (Lipinski definition) is 1. The van der Waals surface area contributed by atoms with Gasteiger partial charge in [-0.3, -0.25) is 0 Å². The van der Waals surface area contributed by atoms with Crippen LogP contribution in [-0.2, 0) is 0 Å². The smallest absolute Gasteiger partial charge is 0.0445 e. The summed E-state index contributed by atoms with van der Waals surface area (Å²) in [6, 6.07) is 2.25. The number of rotatable bonds is 2. The highest BCUT2D eigenvalue weighted by Crippen LogP contribution is 2.14. The second-order valence-electron chi connectivity index (χ2n) is 2.29. The molecule has 0 aromatic carbocycles. The molecular weight excluding hydrogens is 239 g/mol. The van der Waals surface area contributed by atoms with Gasteiger partial charge >= 0.3 is 0 Å². The highest BCUT2D eigenvalue weighted by Gasteiger charge is 2.03. The maximum absolute atomic E-state index is 5.77. The van der Waals surface area contributed by atoms with Gasteiger partial charge in [0, 0.05) is 21.5 Å². The van der Waals surface area contributed by atoms with Crippen molar-refractivity contribution in [1.82, 2.24) is 4.98 Å². The second kappa shape index (κ2) is 3.39. The Morgan fingerprint density at radius 2 is 2.50 bits per heavy atom. The van der Waals surface area contributed by atoms with Gasteiger partial charge in [0.15, 0.2) is 0 Å². The molecule has 10 heavy (non-hydrogen) atoms. The van der Waals surface area contributed by atoms with Gasteiger partial charge in [-0.2, -0.15) is 0 Å². The van der Waals surface area contributed by atoms with Crippen molar-refractivity contribution >= 4 is 22.6 Å². The number of aromatic nitrogens is 1. The van der Waals surface area contributed by atoms with Gasteiger partial charge in [-0.15, -0.1) is 0 Å². The molecule has 0 aliphatic carbocycles. The molecule has 0 fully saturated rings. The molecule has 3 N–H and O–H groups in total. The van der Waals surface area contributed by atoms with Crippen LogP contribution in [0.5, 0.6) is 0 Å². The summed E-state index contributed by atoms with van der Waals surface area (Å²) in [5, 5.41) is 0. The van der Waals surface area contributed by atoms with E-state index in [1.54, 1.807) is 0 Å². The molecule has 1 rings (SSSR count). The van der Waals surface area contributed by atoms with Crippen molar-refractivity contribution in [3.05, 3.63) is 21.5 Å². The Hall–Kier alpha value is -0.0300. The Bertz CT molecular complexity index is 207. The molecule has 1 atom stereocenters. The molecule has 1 aromatic rings. The number of H-pyrrole nitrogens is 1. The van der Waals surface area contributed by atoms with Crippen LogP contribution >= 0.6 is 22.6 Å². The third-order valence-electron chi connectivity index (χ3n) is 1.51. The first-order chi connectivity index (χ1) is 4.74. The van der Waals surface area contributed by atoms with Gasteiger partial charge in [-0.25, -0.2) is 0 Å². The third kappa shape index (κ3) is 1.73. The number of halogens is 1. The fourth-order valence-electron chi connectivity index (χ4n) is 0.818. The minimum absolute atomic E-state index is 0.170. The van der Waals surface area contributed by atoms with Gasteiger partial charge in [0.1, 0.15) is 0 Å². The van der Waals surface area contributed by atoms with Gasteiger partial charge in [0.05, 0.1) is 0 Å². The topological polar surface area (TPSA) is 41.8 Å². The normalized spacial score (nSPS) is 13.5. The molecule has 0 spiro atoms. The van der Waals surface area contributed by atoms with Crippen molar-refractivity contribution < 1.29 is 0 Å². The van der Waals surface area contributed by atoms with E-state index in [9.17, 15) is 0 Å². The molecule has 0 aliphatic heterocycles. The summed E-state index contributed by atoms with van der Waals surface area (Å²) in [7, 11) is 0. The lowest BCUT2D eigenvalue weighted by molar-refractivity contribution is 0.680. The van der Waals surface area contributed by atoms with Crippen molar-refractivity contribution in [2.24, 2.45) is 5.73 Å². The summed E-state index contributed by atoms with van der Waals surface area (Å²) in [5.41, 5.74) is 6.90. The SMILES string of the molecule is CC[C@H](N)c1cc(I)c[nH]1. The monoisotopic (exact) mass is 250 g/mol. The van der Waals surface area contributed by atoms with Gasteiger partial charge in [0.2, 0.25) is 0 Å². The number of nitrogens with two attached hydrogens (primary N) is 1. The Labute approximate surface area is 74.3 Å². The van der Waals surface area contributed by atoms with Crippen LogP contribution in [-0.4, -0.2) is 4.98 Å². The van der Waals surface area contributed by atoms with Crippen LogP contribution in [0.4, 0.5) is 0 Å². The third-order valence-corrected chi connectivity index (χ3v) is 2.13. The van der Waals surface area contributed by atoms with E-state index < -0.39 is 0 Å². The predicted molar refractivity (Wildman–Crippen MR) is 50.7 cm³/mol. The van der Waals surface area contributed by atoms with E-state index >= 15 is 0 Å². The summed E-state index contributed by atoms with van der Waals surface area (Å²) in [5.74, 6) is 0. The first kappa shape index (κ1) is 8.07. The largest absolute Gasteiger partial charge is 0.363 e. The Morgan fingerprint density at radius 1 is 1.80 bits per heavy atom. The fourth-order valence-corrected chi connectivity index (χ4v) is 1.31. The Kier molecular flexibility index (Phi) is 2.73. The van der Waals surface area contributed by atoms with Crippen LogP contribution in [0.1, 0.15) is 25.1 Å². The maximum atomic E-state index is 5.77. The molecule has 0 radical (unpaired) electrons. The molecule has 0 saturated heterocycles. The van der Waals surface area contributed by atoms with Crippen molar-refractivity contribution in [2.45, 2.75) is 19.4 Å². The maximum Gasteiger partial charge on any atom is 0.0445 e. The van der Waals surface area contributed by atoms with Gasteiger partial charge in [0.25, 0.3) is 0 Å². The highest BCUT2D eigenvalue weighted by atomic mass is 127. The minimum Gasteiger partial charge on any atom is -0.363 e. The lowest BCUT2D eigenvalue weighted by Gasteiger charge is -2.03. The van der Waals surface area contributed by atoms with E-state index in [0.29, 0.717) is 0 Å². The summed E-state index contributed by atoms with van der Waals surface area (Å²) in [4.78, 5) is 3.12. The average Bonchev–Trinajstić information content (AvgIpc) is 2.34. The van der Waals surface area contributed by atoms with Crippen LogP contribution in [0.25, 0.3) is 0 Å².